The van der Waals surface area contributed by atoms with Crippen molar-refractivity contribution in [2.75, 3.05) is 78.7 Å². The van der Waals surface area contributed by atoms with Gasteiger partial charge in [0.2, 0.25) is 0 Å². The van der Waals surface area contributed by atoms with Gasteiger partial charge in [-0.2, -0.15) is 0 Å². The van der Waals surface area contributed by atoms with Gasteiger partial charge in [0.05, 0.1) is 46.2 Å². The van der Waals surface area contributed by atoms with Crippen LogP contribution < -0.4 is 4.72 Å². The van der Waals surface area contributed by atoms with E-state index in [4.69, 9.17) is 18.9 Å². The van der Waals surface area contributed by atoms with Crippen LogP contribution in [0.3, 0.4) is 0 Å². The van der Waals surface area contributed by atoms with Crippen molar-refractivity contribution in [2.24, 2.45) is 0 Å². The summed E-state index contributed by atoms with van der Waals surface area (Å²) in [6, 6.07) is 0.672. The van der Waals surface area contributed by atoms with Gasteiger partial charge in [-0.25, -0.2) is 0 Å². The van der Waals surface area contributed by atoms with E-state index in [0.29, 0.717) is 45.7 Å². The monoisotopic (exact) mass is 378 g/mol. The van der Waals surface area contributed by atoms with Gasteiger partial charge in [0, 0.05) is 19.2 Å². The summed E-state index contributed by atoms with van der Waals surface area (Å²) in [5.41, 5.74) is 0. The predicted octanol–water partition coefficient (Wildman–Crippen LogP) is 2.18. The van der Waals surface area contributed by atoms with Crippen LogP contribution in [0, 0.1) is 0 Å². The highest BCUT2D eigenvalue weighted by Gasteiger charge is 2.17. The third kappa shape index (κ3) is 13.9. The number of rotatable bonds is 17. The molecule has 0 aromatic heterocycles. The zero-order valence-electron chi connectivity index (χ0n) is 16.2. The van der Waals surface area contributed by atoms with Crippen LogP contribution in [0.5, 0.6) is 0 Å². The lowest BCUT2D eigenvalue weighted by molar-refractivity contribution is -0.00462. The second kappa shape index (κ2) is 17.5. The van der Waals surface area contributed by atoms with E-state index in [2.05, 4.69) is 22.8 Å². The first-order valence-electron chi connectivity index (χ1n) is 9.68. The second-order valence-corrected chi connectivity index (χ2v) is 6.88. The molecule has 0 unspecified atom stereocenters. The molecule has 0 aliphatic carbocycles. The van der Waals surface area contributed by atoms with Gasteiger partial charge in [0.25, 0.3) is 0 Å². The summed E-state index contributed by atoms with van der Waals surface area (Å²) in [5, 5.41) is 0. The van der Waals surface area contributed by atoms with E-state index in [-0.39, 0.29) is 0 Å². The van der Waals surface area contributed by atoms with Crippen molar-refractivity contribution in [3.05, 3.63) is 0 Å². The molecule has 0 aromatic carbocycles. The van der Waals surface area contributed by atoms with Crippen LogP contribution in [-0.2, 0) is 18.9 Å². The summed E-state index contributed by atoms with van der Waals surface area (Å²) in [7, 11) is 0. The van der Waals surface area contributed by atoms with Gasteiger partial charge >= 0.3 is 0 Å². The molecule has 0 atom stereocenters. The smallest absolute Gasteiger partial charge is 0.0701 e. The highest BCUT2D eigenvalue weighted by Crippen LogP contribution is 2.11. The van der Waals surface area contributed by atoms with E-state index >= 15 is 0 Å². The summed E-state index contributed by atoms with van der Waals surface area (Å²) in [4.78, 5) is 2.48. The Morgan fingerprint density at radius 1 is 0.840 bits per heavy atom. The number of hydrogen-bond acceptors (Lipinski definition) is 7. The summed E-state index contributed by atoms with van der Waals surface area (Å²) >= 11 is 1.73. The molecule has 0 saturated carbocycles. The fraction of sp³-hybridized carbons (Fsp3) is 1.00. The first kappa shape index (κ1) is 23.1. The SMILES string of the molecule is CCCCOCCOCCOCCOCCN1CCC(NSC)CC1. The maximum Gasteiger partial charge on any atom is 0.0701 e. The van der Waals surface area contributed by atoms with Crippen LogP contribution in [0.15, 0.2) is 0 Å². The molecule has 1 aliphatic heterocycles. The molecule has 0 radical (unpaired) electrons. The van der Waals surface area contributed by atoms with Gasteiger partial charge in [-0.15, -0.1) is 0 Å². The van der Waals surface area contributed by atoms with Gasteiger partial charge in [0.15, 0.2) is 0 Å². The molecule has 1 rings (SSSR count). The lowest BCUT2D eigenvalue weighted by atomic mass is 10.1. The molecule has 25 heavy (non-hydrogen) atoms. The highest BCUT2D eigenvalue weighted by molar-refractivity contribution is 7.96. The van der Waals surface area contributed by atoms with Crippen LogP contribution in [0.4, 0.5) is 0 Å². The van der Waals surface area contributed by atoms with Crippen molar-refractivity contribution in [2.45, 2.75) is 38.6 Å². The third-order valence-corrected chi connectivity index (χ3v) is 4.75. The lowest BCUT2D eigenvalue weighted by Crippen LogP contribution is -2.41. The fourth-order valence-electron chi connectivity index (χ4n) is 2.64. The van der Waals surface area contributed by atoms with E-state index in [1.807, 2.05) is 0 Å². The molecule has 150 valence electrons. The third-order valence-electron chi connectivity index (χ3n) is 4.18. The summed E-state index contributed by atoms with van der Waals surface area (Å²) < 4.78 is 25.5. The molecule has 0 amide bonds. The quantitative estimate of drug-likeness (QED) is 0.307. The number of nitrogens with zero attached hydrogens (tertiary/aromatic N) is 1. The van der Waals surface area contributed by atoms with Gasteiger partial charge in [-0.05, 0) is 38.6 Å². The largest absolute Gasteiger partial charge is 0.379 e. The molecule has 1 aliphatic rings. The molecule has 1 N–H and O–H groups in total. The Balaban J connectivity index is 1.74. The summed E-state index contributed by atoms with van der Waals surface area (Å²) in [5.74, 6) is 0. The van der Waals surface area contributed by atoms with E-state index in [1.165, 1.54) is 19.3 Å². The standard InChI is InChI=1S/C18H38N2O4S/c1-3-4-10-21-12-14-23-16-17-24-15-13-22-11-9-20-7-5-18(6-8-20)19-25-2/h18-19H,3-17H2,1-2H3. The topological polar surface area (TPSA) is 52.2 Å². The van der Waals surface area contributed by atoms with E-state index in [9.17, 15) is 0 Å². The molecule has 1 heterocycles. The van der Waals surface area contributed by atoms with Crippen LogP contribution in [0.2, 0.25) is 0 Å². The van der Waals surface area contributed by atoms with E-state index in [0.717, 1.165) is 39.3 Å². The number of unbranched alkanes of at least 4 members (excludes halogenated alkanes) is 1. The Kier molecular flexibility index (Phi) is 16.2. The van der Waals surface area contributed by atoms with E-state index in [1.54, 1.807) is 11.9 Å². The second-order valence-electron chi connectivity index (χ2n) is 6.24. The lowest BCUT2D eigenvalue weighted by Gasteiger charge is -2.31. The fourth-order valence-corrected chi connectivity index (χ4v) is 3.21. The highest BCUT2D eigenvalue weighted by atomic mass is 32.2. The number of nitrogens with one attached hydrogen (secondary N) is 1. The van der Waals surface area contributed by atoms with Crippen molar-refractivity contribution >= 4 is 11.9 Å². The van der Waals surface area contributed by atoms with Gasteiger partial charge < -0.3 is 23.8 Å². The van der Waals surface area contributed by atoms with Crippen LogP contribution in [-0.4, -0.2) is 89.7 Å². The number of likely N-dealkylation sites (tertiary alicyclic amines) is 1. The molecule has 6 nitrogen and oxygen atoms in total. The molecular formula is C18H38N2O4S. The van der Waals surface area contributed by atoms with Gasteiger partial charge in [-0.1, -0.05) is 25.3 Å². The maximum atomic E-state index is 5.65. The Bertz CT molecular complexity index is 280. The predicted molar refractivity (Wildman–Crippen MR) is 104 cm³/mol. The minimum Gasteiger partial charge on any atom is -0.379 e. The van der Waals surface area contributed by atoms with Crippen molar-refractivity contribution in [1.82, 2.24) is 9.62 Å². The molecule has 0 aromatic rings. The molecule has 1 fully saturated rings. The number of hydrogen-bond donors (Lipinski definition) is 1. The molecule has 1 saturated heterocycles. The Morgan fingerprint density at radius 3 is 1.88 bits per heavy atom. The molecule has 7 heteroatoms. The zero-order chi connectivity index (χ0) is 18.0. The van der Waals surface area contributed by atoms with E-state index < -0.39 is 0 Å². The van der Waals surface area contributed by atoms with Crippen molar-refractivity contribution < 1.29 is 18.9 Å². The summed E-state index contributed by atoms with van der Waals surface area (Å²) in [6.07, 6.45) is 6.85. The van der Waals surface area contributed by atoms with Crippen molar-refractivity contribution in [1.29, 1.82) is 0 Å². The minimum absolute atomic E-state index is 0.619. The Labute approximate surface area is 158 Å². The van der Waals surface area contributed by atoms with Crippen LogP contribution >= 0.6 is 11.9 Å². The minimum atomic E-state index is 0.619. The van der Waals surface area contributed by atoms with Crippen molar-refractivity contribution in [3.63, 3.8) is 0 Å². The molecule has 0 bridgehead atoms. The first-order chi connectivity index (χ1) is 12.4. The Morgan fingerprint density at radius 2 is 1.36 bits per heavy atom. The maximum absolute atomic E-state index is 5.65. The Hall–Kier alpha value is 0.110. The number of piperidine rings is 1. The van der Waals surface area contributed by atoms with Gasteiger partial charge in [-0.3, -0.25) is 4.72 Å². The first-order valence-corrected chi connectivity index (χ1v) is 10.9. The van der Waals surface area contributed by atoms with Crippen LogP contribution in [0.25, 0.3) is 0 Å². The average molecular weight is 379 g/mol. The molecular weight excluding hydrogens is 340 g/mol. The zero-order valence-corrected chi connectivity index (χ0v) is 17.0. The average Bonchev–Trinajstić information content (AvgIpc) is 2.63. The van der Waals surface area contributed by atoms with Crippen LogP contribution in [0.1, 0.15) is 32.6 Å². The van der Waals surface area contributed by atoms with Gasteiger partial charge in [0.1, 0.15) is 0 Å². The normalized spacial score (nSPS) is 16.6. The summed E-state index contributed by atoms with van der Waals surface area (Å²) in [6.45, 7) is 11.0. The van der Waals surface area contributed by atoms with Crippen molar-refractivity contribution in [3.8, 4) is 0 Å². The molecule has 0 spiro atoms. The number of ether oxygens (including phenoxy) is 4.